The fourth-order valence-electron chi connectivity index (χ4n) is 8.05. The Morgan fingerprint density at radius 2 is 0.793 bits per heavy atom. The van der Waals surface area contributed by atoms with Crippen LogP contribution in [0.2, 0.25) is 0 Å². The molecule has 0 bridgehead atoms. The lowest BCUT2D eigenvalue weighted by molar-refractivity contribution is -0.143. The van der Waals surface area contributed by atoms with E-state index in [4.69, 9.17) is 4.74 Å². The van der Waals surface area contributed by atoms with Crippen molar-refractivity contribution < 1.29 is 24.5 Å². The third-order valence-electron chi connectivity index (χ3n) is 12.1. The molecule has 0 rings (SSSR count). The zero-order valence-corrected chi connectivity index (χ0v) is 39.0. The first-order valence-corrected chi connectivity index (χ1v) is 26.0. The molecule has 2 unspecified atom stereocenters. The van der Waals surface area contributed by atoms with Crippen LogP contribution in [-0.4, -0.2) is 47.4 Å². The zero-order chi connectivity index (χ0) is 42.3. The fraction of sp³-hybridized carbons (Fsp3) is 0.923. The molecule has 0 aliphatic heterocycles. The van der Waals surface area contributed by atoms with Crippen LogP contribution in [0, 0.1) is 0 Å². The lowest BCUT2D eigenvalue weighted by Gasteiger charge is -2.20. The van der Waals surface area contributed by atoms with Crippen LogP contribution in [0.25, 0.3) is 0 Å². The largest absolute Gasteiger partial charge is 0.466 e. The Hall–Kier alpha value is -1.40. The van der Waals surface area contributed by atoms with Gasteiger partial charge in [0.15, 0.2) is 0 Å². The maximum absolute atomic E-state index is 12.4. The van der Waals surface area contributed by atoms with Crippen molar-refractivity contribution >= 4 is 11.9 Å². The second-order valence-corrected chi connectivity index (χ2v) is 17.9. The molecule has 0 spiro atoms. The summed E-state index contributed by atoms with van der Waals surface area (Å²) >= 11 is 0. The quantitative estimate of drug-likeness (QED) is 0.0323. The van der Waals surface area contributed by atoms with Gasteiger partial charge in [-0.3, -0.25) is 9.59 Å². The first-order chi connectivity index (χ1) is 28.5. The van der Waals surface area contributed by atoms with Crippen LogP contribution in [-0.2, 0) is 14.3 Å². The third kappa shape index (κ3) is 44.2. The molecule has 6 heteroatoms. The molecule has 0 aliphatic carbocycles. The monoisotopic (exact) mass is 820 g/mol. The van der Waals surface area contributed by atoms with E-state index in [1.807, 2.05) is 6.08 Å². The minimum absolute atomic E-state index is 0.0189. The number of unbranched alkanes of at least 4 members (excludes halogenated alkanes) is 37. The van der Waals surface area contributed by atoms with Gasteiger partial charge in [-0.05, 0) is 32.1 Å². The van der Waals surface area contributed by atoms with Gasteiger partial charge in [-0.25, -0.2) is 0 Å². The topological polar surface area (TPSA) is 95.9 Å². The van der Waals surface area contributed by atoms with Crippen LogP contribution in [0.4, 0.5) is 0 Å². The van der Waals surface area contributed by atoms with Gasteiger partial charge >= 0.3 is 5.97 Å². The zero-order valence-electron chi connectivity index (χ0n) is 39.0. The van der Waals surface area contributed by atoms with E-state index in [2.05, 4.69) is 19.2 Å². The SMILES string of the molecule is CCCCCCCCCCCCCCCCCC/C=C/C(O)C(CO)NC(=O)CCCCCCCCCCCCOC(=O)CCCCCCCCCCCCCCC. The first-order valence-electron chi connectivity index (χ1n) is 26.0. The fourth-order valence-corrected chi connectivity index (χ4v) is 8.05. The average Bonchev–Trinajstić information content (AvgIpc) is 3.22. The molecule has 0 saturated heterocycles. The maximum Gasteiger partial charge on any atom is 0.305 e. The Morgan fingerprint density at radius 1 is 0.466 bits per heavy atom. The van der Waals surface area contributed by atoms with Gasteiger partial charge in [0.25, 0.3) is 0 Å². The number of allylic oxidation sites excluding steroid dienone is 1. The number of hydrogen-bond donors (Lipinski definition) is 3. The van der Waals surface area contributed by atoms with E-state index in [1.54, 1.807) is 6.08 Å². The number of carbonyl (C=O) groups is 2. The van der Waals surface area contributed by atoms with Gasteiger partial charge in [0.2, 0.25) is 5.91 Å². The minimum atomic E-state index is -0.858. The highest BCUT2D eigenvalue weighted by Crippen LogP contribution is 2.16. The van der Waals surface area contributed by atoms with E-state index in [0.29, 0.717) is 19.4 Å². The summed E-state index contributed by atoms with van der Waals surface area (Å²) in [6.07, 6.45) is 54.9. The number of aliphatic hydroxyl groups is 2. The molecule has 0 aromatic rings. The van der Waals surface area contributed by atoms with E-state index in [9.17, 15) is 19.8 Å². The molecule has 2 atom stereocenters. The van der Waals surface area contributed by atoms with Gasteiger partial charge in [-0.15, -0.1) is 0 Å². The summed E-state index contributed by atoms with van der Waals surface area (Å²) in [4.78, 5) is 24.4. The van der Waals surface area contributed by atoms with Crippen LogP contribution in [0.15, 0.2) is 12.2 Å². The van der Waals surface area contributed by atoms with Gasteiger partial charge in [-0.1, -0.05) is 251 Å². The molecule has 0 aliphatic rings. The number of aliphatic hydroxyl groups excluding tert-OH is 2. The summed E-state index contributed by atoms with van der Waals surface area (Å²) in [6.45, 7) is 4.86. The first kappa shape index (κ1) is 56.6. The van der Waals surface area contributed by atoms with Gasteiger partial charge in [0.1, 0.15) is 0 Å². The second-order valence-electron chi connectivity index (χ2n) is 17.9. The lowest BCUT2D eigenvalue weighted by atomic mass is 10.0. The highest BCUT2D eigenvalue weighted by atomic mass is 16.5. The smallest absolute Gasteiger partial charge is 0.305 e. The number of amides is 1. The van der Waals surface area contributed by atoms with Crippen molar-refractivity contribution in [2.45, 2.75) is 296 Å². The molecule has 3 N–H and O–H groups in total. The summed E-state index contributed by atoms with van der Waals surface area (Å²) in [5, 5.41) is 23.1. The molecule has 0 fully saturated rings. The molecule has 58 heavy (non-hydrogen) atoms. The predicted molar refractivity (Wildman–Crippen MR) is 250 cm³/mol. The molecule has 0 saturated carbocycles. The molecular weight excluding hydrogens is 719 g/mol. The van der Waals surface area contributed by atoms with E-state index >= 15 is 0 Å². The second kappa shape index (κ2) is 48.3. The Morgan fingerprint density at radius 3 is 1.17 bits per heavy atom. The van der Waals surface area contributed by atoms with Crippen LogP contribution in [0.3, 0.4) is 0 Å². The Labute approximate surface area is 361 Å². The standard InChI is InChI=1S/C52H101NO5/c1-3-5-7-9-11-13-15-17-18-19-20-21-23-24-28-32-36-40-44-50(55)49(48-54)53-51(56)45-41-37-33-29-26-27-31-35-39-43-47-58-52(57)46-42-38-34-30-25-22-16-14-12-10-8-6-4-2/h40,44,49-50,54-55H,3-39,41-43,45-48H2,1-2H3,(H,53,56)/b44-40+. The Bertz CT molecular complexity index is 863. The highest BCUT2D eigenvalue weighted by Gasteiger charge is 2.18. The molecule has 0 aromatic heterocycles. The van der Waals surface area contributed by atoms with Crippen LogP contribution in [0.5, 0.6) is 0 Å². The number of ether oxygens (including phenoxy) is 1. The summed E-state index contributed by atoms with van der Waals surface area (Å²) in [6, 6.07) is -0.643. The molecule has 0 radical (unpaired) electrons. The van der Waals surface area contributed by atoms with Crippen molar-refractivity contribution in [3.05, 3.63) is 12.2 Å². The molecule has 344 valence electrons. The minimum Gasteiger partial charge on any atom is -0.466 e. The molecule has 6 nitrogen and oxygen atoms in total. The van der Waals surface area contributed by atoms with Crippen molar-refractivity contribution in [2.75, 3.05) is 13.2 Å². The maximum atomic E-state index is 12.4. The van der Waals surface area contributed by atoms with Gasteiger partial charge in [0, 0.05) is 12.8 Å². The van der Waals surface area contributed by atoms with Gasteiger partial charge in [0.05, 0.1) is 25.4 Å². The van der Waals surface area contributed by atoms with Crippen LogP contribution >= 0.6 is 0 Å². The van der Waals surface area contributed by atoms with Crippen molar-refractivity contribution in [1.82, 2.24) is 5.32 Å². The van der Waals surface area contributed by atoms with Crippen LogP contribution in [0.1, 0.15) is 284 Å². The van der Waals surface area contributed by atoms with Gasteiger partial charge < -0.3 is 20.3 Å². The number of nitrogens with one attached hydrogen (secondary N) is 1. The van der Waals surface area contributed by atoms with E-state index < -0.39 is 12.1 Å². The molecule has 0 aromatic carbocycles. The molecule has 1 amide bonds. The van der Waals surface area contributed by atoms with E-state index in [0.717, 1.165) is 57.8 Å². The molecule has 0 heterocycles. The lowest BCUT2D eigenvalue weighted by Crippen LogP contribution is -2.45. The van der Waals surface area contributed by atoms with Crippen molar-refractivity contribution in [2.24, 2.45) is 0 Å². The summed E-state index contributed by atoms with van der Waals surface area (Å²) in [5.74, 6) is -0.107. The predicted octanol–water partition coefficient (Wildman–Crippen LogP) is 15.3. The van der Waals surface area contributed by atoms with Crippen molar-refractivity contribution in [3.8, 4) is 0 Å². The number of esters is 1. The summed E-state index contributed by atoms with van der Waals surface area (Å²) < 4.78 is 5.45. The summed E-state index contributed by atoms with van der Waals surface area (Å²) in [7, 11) is 0. The third-order valence-corrected chi connectivity index (χ3v) is 12.1. The normalized spacial score (nSPS) is 12.7. The van der Waals surface area contributed by atoms with E-state index in [1.165, 1.54) is 199 Å². The highest BCUT2D eigenvalue weighted by molar-refractivity contribution is 5.76. The van der Waals surface area contributed by atoms with Crippen LogP contribution < -0.4 is 5.32 Å². The van der Waals surface area contributed by atoms with Crippen molar-refractivity contribution in [1.29, 1.82) is 0 Å². The van der Waals surface area contributed by atoms with Crippen molar-refractivity contribution in [3.63, 3.8) is 0 Å². The number of carbonyl (C=O) groups excluding carboxylic acids is 2. The number of hydrogen-bond acceptors (Lipinski definition) is 5. The Kier molecular flexibility index (Phi) is 47.1. The average molecular weight is 820 g/mol. The van der Waals surface area contributed by atoms with Gasteiger partial charge in [-0.2, -0.15) is 0 Å². The summed E-state index contributed by atoms with van der Waals surface area (Å²) in [5.41, 5.74) is 0. The Balaban J connectivity index is 3.51. The van der Waals surface area contributed by atoms with E-state index in [-0.39, 0.29) is 18.5 Å². The molecular formula is C52H101NO5. The number of rotatable bonds is 48.